The van der Waals surface area contributed by atoms with Crippen LogP contribution in [0.4, 0.5) is 17.6 Å². The minimum Gasteiger partial charge on any atom is -0.406 e. The number of fused-ring (bicyclic) bond motifs is 2. The second-order valence-electron chi connectivity index (χ2n) is 8.09. The van der Waals surface area contributed by atoms with E-state index in [0.717, 1.165) is 37.4 Å². The number of rotatable bonds is 7. The molecule has 1 atom stereocenters. The van der Waals surface area contributed by atoms with Crippen LogP contribution in [-0.2, 0) is 11.3 Å². The lowest BCUT2D eigenvalue weighted by atomic mass is 9.78. The van der Waals surface area contributed by atoms with E-state index in [0.29, 0.717) is 12.2 Å². The summed E-state index contributed by atoms with van der Waals surface area (Å²) >= 11 is 0. The molecule has 0 unspecified atom stereocenters. The summed E-state index contributed by atoms with van der Waals surface area (Å²) in [6.07, 6.45) is 0.0827. The van der Waals surface area contributed by atoms with Crippen LogP contribution in [0.25, 0.3) is 0 Å². The van der Waals surface area contributed by atoms with E-state index in [1.807, 2.05) is 0 Å². The van der Waals surface area contributed by atoms with E-state index < -0.39 is 23.8 Å². The summed E-state index contributed by atoms with van der Waals surface area (Å²) in [5.41, 5.74) is 0.368. The smallest absolute Gasteiger partial charge is 0.406 e. The maximum absolute atomic E-state index is 13.5. The van der Waals surface area contributed by atoms with Crippen molar-refractivity contribution in [3.63, 3.8) is 0 Å². The third-order valence-electron chi connectivity index (χ3n) is 5.98. The van der Waals surface area contributed by atoms with E-state index in [9.17, 15) is 22.7 Å². The van der Waals surface area contributed by atoms with Gasteiger partial charge in [-0.15, -0.1) is 13.2 Å². The highest BCUT2D eigenvalue weighted by Crippen LogP contribution is 2.50. The third-order valence-corrected chi connectivity index (χ3v) is 5.98. The molecule has 9 heteroatoms. The Morgan fingerprint density at radius 3 is 2.43 bits per heavy atom. The number of aliphatic hydroxyl groups is 1. The number of nitrogens with zero attached hydrogens (tertiary/aromatic N) is 1. The SMILES string of the molecule is O[C@H](c1cncc(F)c1)C12CCC(COCc3ccc(OC(F)(F)F)cc3)(CC1)N2. The zero-order chi connectivity index (χ0) is 21.4. The Labute approximate surface area is 171 Å². The summed E-state index contributed by atoms with van der Waals surface area (Å²) < 4.78 is 59.9. The molecule has 162 valence electrons. The molecule has 1 aromatic carbocycles. The number of hydrogen-bond donors (Lipinski definition) is 2. The molecule has 2 fully saturated rings. The normalized spacial score (nSPS) is 26.7. The fraction of sp³-hybridized carbons (Fsp3) is 0.476. The van der Waals surface area contributed by atoms with Crippen LogP contribution >= 0.6 is 0 Å². The van der Waals surface area contributed by atoms with Gasteiger partial charge in [0, 0.05) is 22.8 Å². The minimum absolute atomic E-state index is 0.249. The van der Waals surface area contributed by atoms with Gasteiger partial charge >= 0.3 is 6.36 Å². The molecule has 3 heterocycles. The number of nitrogens with one attached hydrogen (secondary N) is 1. The quantitative estimate of drug-likeness (QED) is 0.655. The number of aliphatic hydroxyl groups excluding tert-OH is 1. The summed E-state index contributed by atoms with van der Waals surface area (Å²) in [6, 6.07) is 6.86. The monoisotopic (exact) mass is 426 g/mol. The van der Waals surface area contributed by atoms with Gasteiger partial charge in [-0.25, -0.2) is 4.39 Å². The Morgan fingerprint density at radius 2 is 1.80 bits per heavy atom. The van der Waals surface area contributed by atoms with Gasteiger partial charge in [-0.1, -0.05) is 12.1 Å². The van der Waals surface area contributed by atoms with Gasteiger partial charge in [0.1, 0.15) is 11.6 Å². The number of halogens is 4. The predicted octanol–water partition coefficient (Wildman–Crippen LogP) is 4.02. The first-order valence-electron chi connectivity index (χ1n) is 9.69. The van der Waals surface area contributed by atoms with Crippen molar-refractivity contribution in [2.45, 2.75) is 55.8 Å². The summed E-state index contributed by atoms with van der Waals surface area (Å²) in [5.74, 6) is -0.760. The first kappa shape index (κ1) is 21.0. The van der Waals surface area contributed by atoms with Crippen molar-refractivity contribution in [1.29, 1.82) is 0 Å². The molecule has 2 saturated heterocycles. The van der Waals surface area contributed by atoms with Crippen molar-refractivity contribution in [3.8, 4) is 5.75 Å². The molecule has 30 heavy (non-hydrogen) atoms. The standard InChI is InChI=1S/C21H22F4N2O3/c22-16-9-15(10-26-11-16)18(28)20-7-5-19(27-20,6-8-20)13-29-12-14-1-3-17(4-2-14)30-21(23,24)25/h1-4,9-11,18,27-28H,5-8,12-13H2/t18-,19?,20?/m1/s1. The minimum atomic E-state index is -4.72. The highest BCUT2D eigenvalue weighted by molar-refractivity contribution is 5.27. The number of ether oxygens (including phenoxy) is 2. The second kappa shape index (κ2) is 7.79. The zero-order valence-corrected chi connectivity index (χ0v) is 16.1. The number of pyridine rings is 1. The molecule has 0 amide bonds. The summed E-state index contributed by atoms with van der Waals surface area (Å²) in [4.78, 5) is 3.82. The average molecular weight is 426 g/mol. The second-order valence-corrected chi connectivity index (χ2v) is 8.09. The number of benzene rings is 1. The summed E-state index contributed by atoms with van der Waals surface area (Å²) in [6.45, 7) is 0.656. The van der Waals surface area contributed by atoms with Crippen molar-refractivity contribution in [1.82, 2.24) is 10.3 Å². The van der Waals surface area contributed by atoms with Crippen LogP contribution < -0.4 is 10.1 Å². The van der Waals surface area contributed by atoms with E-state index in [1.54, 1.807) is 0 Å². The molecule has 0 saturated carbocycles. The van der Waals surface area contributed by atoms with E-state index in [1.165, 1.54) is 36.5 Å². The van der Waals surface area contributed by atoms with Gasteiger partial charge in [-0.3, -0.25) is 4.98 Å². The predicted molar refractivity (Wildman–Crippen MR) is 99.0 cm³/mol. The van der Waals surface area contributed by atoms with Crippen LogP contribution in [0.3, 0.4) is 0 Å². The van der Waals surface area contributed by atoms with Crippen molar-refractivity contribution in [2.75, 3.05) is 6.61 Å². The number of aromatic nitrogens is 1. The Kier molecular flexibility index (Phi) is 5.46. The van der Waals surface area contributed by atoms with Crippen LogP contribution in [0.5, 0.6) is 5.75 Å². The molecule has 5 nitrogen and oxygen atoms in total. The zero-order valence-electron chi connectivity index (χ0n) is 16.1. The Balaban J connectivity index is 1.32. The summed E-state index contributed by atoms with van der Waals surface area (Å²) in [5, 5.41) is 14.4. The van der Waals surface area contributed by atoms with Gasteiger partial charge in [0.05, 0.1) is 25.5 Å². The number of alkyl halides is 3. The highest BCUT2D eigenvalue weighted by atomic mass is 19.4. The van der Waals surface area contributed by atoms with Crippen molar-refractivity contribution in [2.24, 2.45) is 0 Å². The molecule has 2 aliphatic rings. The van der Waals surface area contributed by atoms with E-state index >= 15 is 0 Å². The molecule has 0 spiro atoms. The number of hydrogen-bond acceptors (Lipinski definition) is 5. The van der Waals surface area contributed by atoms with Crippen molar-refractivity contribution in [3.05, 3.63) is 59.7 Å². The molecular formula is C21H22F4N2O3. The van der Waals surface area contributed by atoms with Gasteiger partial charge in [-0.2, -0.15) is 0 Å². The van der Waals surface area contributed by atoms with Crippen LogP contribution in [0.15, 0.2) is 42.7 Å². The van der Waals surface area contributed by atoms with Crippen LogP contribution in [0.2, 0.25) is 0 Å². The molecular weight excluding hydrogens is 404 g/mol. The topological polar surface area (TPSA) is 63.6 Å². The van der Waals surface area contributed by atoms with E-state index in [2.05, 4.69) is 15.0 Å². The molecule has 2 aromatic rings. The van der Waals surface area contributed by atoms with Crippen LogP contribution in [-0.4, -0.2) is 34.1 Å². The first-order chi connectivity index (χ1) is 14.2. The lowest BCUT2D eigenvalue weighted by Gasteiger charge is -2.32. The summed E-state index contributed by atoms with van der Waals surface area (Å²) in [7, 11) is 0. The van der Waals surface area contributed by atoms with Crippen LogP contribution in [0.1, 0.15) is 42.9 Å². The first-order valence-corrected chi connectivity index (χ1v) is 9.69. The fourth-order valence-corrected chi connectivity index (χ4v) is 4.52. The van der Waals surface area contributed by atoms with Gasteiger partial charge in [0.15, 0.2) is 0 Å². The van der Waals surface area contributed by atoms with E-state index in [-0.39, 0.29) is 17.9 Å². The Morgan fingerprint density at radius 1 is 1.10 bits per heavy atom. The molecule has 2 N–H and O–H groups in total. The third kappa shape index (κ3) is 4.43. The lowest BCUT2D eigenvalue weighted by Crippen LogP contribution is -2.48. The Hall–Kier alpha value is -2.23. The molecule has 0 aliphatic carbocycles. The molecule has 4 rings (SSSR count). The van der Waals surface area contributed by atoms with Crippen molar-refractivity contribution >= 4 is 0 Å². The van der Waals surface area contributed by atoms with Gasteiger partial charge < -0.3 is 19.9 Å². The van der Waals surface area contributed by atoms with Crippen LogP contribution in [0, 0.1) is 5.82 Å². The maximum atomic E-state index is 13.5. The van der Waals surface area contributed by atoms with E-state index in [4.69, 9.17) is 4.74 Å². The van der Waals surface area contributed by atoms with Crippen molar-refractivity contribution < 1.29 is 32.1 Å². The highest BCUT2D eigenvalue weighted by Gasteiger charge is 2.57. The molecule has 1 aromatic heterocycles. The molecule has 0 radical (unpaired) electrons. The fourth-order valence-electron chi connectivity index (χ4n) is 4.52. The molecule has 2 aliphatic heterocycles. The molecule has 2 bridgehead atoms. The van der Waals surface area contributed by atoms with Gasteiger partial charge in [0.2, 0.25) is 0 Å². The maximum Gasteiger partial charge on any atom is 0.573 e. The average Bonchev–Trinajstić information content (AvgIpc) is 3.25. The van der Waals surface area contributed by atoms with Gasteiger partial charge in [-0.05, 0) is 49.4 Å². The lowest BCUT2D eigenvalue weighted by molar-refractivity contribution is -0.274. The largest absolute Gasteiger partial charge is 0.573 e. The Bertz CT molecular complexity index is 881. The van der Waals surface area contributed by atoms with Gasteiger partial charge in [0.25, 0.3) is 0 Å².